The molecule has 0 bridgehead atoms. The number of carbonyl (C=O) groups is 1. The number of nitrogens with zero attached hydrogens (tertiary/aromatic N) is 2. The molecule has 0 aliphatic heterocycles. The predicted molar refractivity (Wildman–Crippen MR) is 134 cm³/mol. The third-order valence-electron chi connectivity index (χ3n) is 5.40. The molecule has 0 aliphatic carbocycles. The van der Waals surface area contributed by atoms with Crippen molar-refractivity contribution in [2.24, 2.45) is 0 Å². The van der Waals surface area contributed by atoms with Crippen molar-refractivity contribution < 1.29 is 9.53 Å². The van der Waals surface area contributed by atoms with E-state index in [-0.39, 0.29) is 5.91 Å². The van der Waals surface area contributed by atoms with Crippen molar-refractivity contribution in [3.05, 3.63) is 96.3 Å². The zero-order chi connectivity index (χ0) is 22.8. The highest BCUT2D eigenvalue weighted by atomic mass is 32.1. The van der Waals surface area contributed by atoms with E-state index >= 15 is 0 Å². The lowest BCUT2D eigenvalue weighted by Crippen LogP contribution is -2.14. The number of hydrogen-bond acceptors (Lipinski definition) is 5. The molecule has 2 heterocycles. The minimum atomic E-state index is -0.260. The van der Waals surface area contributed by atoms with Gasteiger partial charge in [-0.1, -0.05) is 72.0 Å². The van der Waals surface area contributed by atoms with Gasteiger partial charge in [0.2, 0.25) is 0 Å². The zero-order valence-electron chi connectivity index (χ0n) is 18.2. The van der Waals surface area contributed by atoms with Crippen LogP contribution < -0.4 is 10.1 Å². The van der Waals surface area contributed by atoms with Crippen LogP contribution in [0.3, 0.4) is 0 Å². The number of pyridine rings is 1. The number of nitrogens with one attached hydrogen (secondary N) is 1. The summed E-state index contributed by atoms with van der Waals surface area (Å²) in [4.78, 5) is 22.3. The Kier molecular flexibility index (Phi) is 5.59. The van der Waals surface area contributed by atoms with Gasteiger partial charge in [0.1, 0.15) is 5.75 Å². The zero-order valence-corrected chi connectivity index (χ0v) is 19.0. The molecule has 1 N–H and O–H groups in total. The first-order valence-electron chi connectivity index (χ1n) is 10.5. The molecular formula is C27H21N3O2S. The fourth-order valence-electron chi connectivity index (χ4n) is 3.84. The van der Waals surface area contributed by atoms with E-state index in [1.54, 1.807) is 13.3 Å². The van der Waals surface area contributed by atoms with Crippen molar-refractivity contribution in [1.82, 2.24) is 9.97 Å². The number of thiazole rings is 1. The number of methoxy groups -OCH3 is 1. The molecule has 5 nitrogen and oxygen atoms in total. The molecule has 0 aliphatic rings. The predicted octanol–water partition coefficient (Wildman–Crippen LogP) is 6.59. The molecule has 6 heteroatoms. The van der Waals surface area contributed by atoms with Crippen molar-refractivity contribution >= 4 is 32.6 Å². The fraction of sp³-hybridized carbons (Fsp3) is 0.0741. The number of para-hydroxylation sites is 1. The molecule has 0 unspecified atom stereocenters. The number of rotatable bonds is 5. The Morgan fingerprint density at radius 2 is 1.67 bits per heavy atom. The van der Waals surface area contributed by atoms with E-state index in [4.69, 9.17) is 4.74 Å². The third kappa shape index (κ3) is 4.08. The average molecular weight is 452 g/mol. The first-order chi connectivity index (χ1) is 16.1. The van der Waals surface area contributed by atoms with Crippen LogP contribution in [0.2, 0.25) is 0 Å². The van der Waals surface area contributed by atoms with Gasteiger partial charge in [-0.15, -0.1) is 0 Å². The van der Waals surface area contributed by atoms with Crippen LogP contribution in [-0.4, -0.2) is 23.0 Å². The summed E-state index contributed by atoms with van der Waals surface area (Å²) in [5.41, 5.74) is 5.95. The number of aromatic nitrogens is 2. The molecule has 5 rings (SSSR count). The van der Waals surface area contributed by atoms with Crippen molar-refractivity contribution in [3.63, 3.8) is 0 Å². The van der Waals surface area contributed by atoms with E-state index in [0.29, 0.717) is 16.4 Å². The van der Waals surface area contributed by atoms with Crippen LogP contribution in [0.1, 0.15) is 16.1 Å². The summed E-state index contributed by atoms with van der Waals surface area (Å²) in [6.45, 7) is 1.90. The Morgan fingerprint density at radius 1 is 0.909 bits per heavy atom. The second-order valence-corrected chi connectivity index (χ2v) is 8.56. The highest BCUT2D eigenvalue weighted by Crippen LogP contribution is 2.36. The standard InChI is InChI=1S/C27H21N3O2S/c1-17-15-21(20-11-6-7-14-24(20)32-2)22(16-28-17)26(31)30-27-29-23-13-8-12-19(25(23)33-27)18-9-4-3-5-10-18/h3-16H,1-2H3,(H,29,30,31). The maximum atomic E-state index is 13.3. The minimum absolute atomic E-state index is 0.260. The normalized spacial score (nSPS) is 10.8. The number of aryl methyl sites for hydroxylation is 1. The molecule has 5 aromatic rings. The van der Waals surface area contributed by atoms with Crippen molar-refractivity contribution in [1.29, 1.82) is 0 Å². The lowest BCUT2D eigenvalue weighted by Gasteiger charge is -2.13. The molecule has 0 fully saturated rings. The second-order valence-electron chi connectivity index (χ2n) is 7.56. The molecule has 0 atom stereocenters. The van der Waals surface area contributed by atoms with Gasteiger partial charge in [-0.3, -0.25) is 15.1 Å². The molecule has 0 saturated carbocycles. The number of hydrogen-bond donors (Lipinski definition) is 1. The SMILES string of the molecule is COc1ccccc1-c1cc(C)ncc1C(=O)Nc1nc2cccc(-c3ccccc3)c2s1. The van der Waals surface area contributed by atoms with E-state index < -0.39 is 0 Å². The van der Waals surface area contributed by atoms with Gasteiger partial charge in [-0.05, 0) is 30.7 Å². The van der Waals surface area contributed by atoms with Gasteiger partial charge in [-0.25, -0.2) is 4.98 Å². The number of benzene rings is 3. The molecule has 33 heavy (non-hydrogen) atoms. The summed E-state index contributed by atoms with van der Waals surface area (Å²) in [5, 5.41) is 3.53. The van der Waals surface area contributed by atoms with Crippen LogP contribution in [0.5, 0.6) is 5.75 Å². The van der Waals surface area contributed by atoms with E-state index in [0.717, 1.165) is 38.2 Å². The summed E-state index contributed by atoms with van der Waals surface area (Å²) in [7, 11) is 1.62. The lowest BCUT2D eigenvalue weighted by atomic mass is 9.99. The first kappa shape index (κ1) is 20.8. The van der Waals surface area contributed by atoms with Gasteiger partial charge in [-0.2, -0.15) is 0 Å². The van der Waals surface area contributed by atoms with E-state index in [2.05, 4.69) is 33.5 Å². The topological polar surface area (TPSA) is 64.1 Å². The molecule has 3 aromatic carbocycles. The van der Waals surface area contributed by atoms with Gasteiger partial charge < -0.3 is 4.74 Å². The minimum Gasteiger partial charge on any atom is -0.496 e. The number of fused-ring (bicyclic) bond motifs is 1. The fourth-order valence-corrected chi connectivity index (χ4v) is 4.84. The third-order valence-corrected chi connectivity index (χ3v) is 6.42. The van der Waals surface area contributed by atoms with Crippen LogP contribution in [-0.2, 0) is 0 Å². The highest BCUT2D eigenvalue weighted by molar-refractivity contribution is 7.22. The second kappa shape index (κ2) is 8.84. The number of amides is 1. The Hall–Kier alpha value is -4.03. The smallest absolute Gasteiger partial charge is 0.259 e. The van der Waals surface area contributed by atoms with Crippen molar-refractivity contribution in [2.45, 2.75) is 6.92 Å². The maximum Gasteiger partial charge on any atom is 0.259 e. The summed E-state index contributed by atoms with van der Waals surface area (Å²) in [5.74, 6) is 0.438. The molecule has 0 saturated heterocycles. The van der Waals surface area contributed by atoms with Gasteiger partial charge in [0, 0.05) is 28.6 Å². The average Bonchev–Trinajstić information content (AvgIpc) is 3.26. The Morgan fingerprint density at radius 3 is 2.48 bits per heavy atom. The Bertz CT molecular complexity index is 1460. The monoisotopic (exact) mass is 451 g/mol. The van der Waals surface area contributed by atoms with Gasteiger partial charge in [0.05, 0.1) is 22.9 Å². The summed E-state index contributed by atoms with van der Waals surface area (Å²) in [6.07, 6.45) is 1.61. The van der Waals surface area contributed by atoms with Gasteiger partial charge >= 0.3 is 0 Å². The number of anilines is 1. The molecule has 1 amide bonds. The van der Waals surface area contributed by atoms with E-state index in [1.165, 1.54) is 11.3 Å². The Labute approximate surface area is 195 Å². The van der Waals surface area contributed by atoms with E-state index in [9.17, 15) is 4.79 Å². The van der Waals surface area contributed by atoms with Gasteiger partial charge in [0.25, 0.3) is 5.91 Å². The Balaban J connectivity index is 1.52. The molecule has 0 radical (unpaired) electrons. The van der Waals surface area contributed by atoms with E-state index in [1.807, 2.05) is 67.6 Å². The first-order valence-corrected chi connectivity index (χ1v) is 11.3. The van der Waals surface area contributed by atoms with Crippen LogP contribution in [0.4, 0.5) is 5.13 Å². The van der Waals surface area contributed by atoms with Gasteiger partial charge in [0.15, 0.2) is 5.13 Å². The largest absolute Gasteiger partial charge is 0.496 e. The highest BCUT2D eigenvalue weighted by Gasteiger charge is 2.19. The maximum absolute atomic E-state index is 13.3. The van der Waals surface area contributed by atoms with Crippen LogP contribution in [0, 0.1) is 6.92 Å². The molecule has 0 spiro atoms. The number of carbonyl (C=O) groups excluding carboxylic acids is 1. The quantitative estimate of drug-likeness (QED) is 0.327. The summed E-state index contributed by atoms with van der Waals surface area (Å²) >= 11 is 1.47. The molecule has 162 valence electrons. The van der Waals surface area contributed by atoms with Crippen molar-refractivity contribution in [2.75, 3.05) is 12.4 Å². The number of ether oxygens (including phenoxy) is 1. The van der Waals surface area contributed by atoms with Crippen LogP contribution in [0.25, 0.3) is 32.5 Å². The van der Waals surface area contributed by atoms with Crippen molar-refractivity contribution in [3.8, 4) is 28.0 Å². The van der Waals surface area contributed by atoms with Crippen LogP contribution in [0.15, 0.2) is 85.1 Å². The molecular weight excluding hydrogens is 430 g/mol. The summed E-state index contributed by atoms with van der Waals surface area (Å²) < 4.78 is 6.56. The summed E-state index contributed by atoms with van der Waals surface area (Å²) in [6, 6.07) is 25.7. The van der Waals surface area contributed by atoms with Crippen LogP contribution >= 0.6 is 11.3 Å². The lowest BCUT2D eigenvalue weighted by molar-refractivity contribution is 0.102. The molecule has 2 aromatic heterocycles.